The lowest BCUT2D eigenvalue weighted by molar-refractivity contribution is -0.118. The molecule has 4 rings (SSSR count). The Bertz CT molecular complexity index is 1230. The summed E-state index contributed by atoms with van der Waals surface area (Å²) in [6, 6.07) is 3.59. The van der Waals surface area contributed by atoms with Gasteiger partial charge in [0.25, 0.3) is 0 Å². The third-order valence-corrected chi connectivity index (χ3v) is 7.03. The van der Waals surface area contributed by atoms with Crippen LogP contribution in [0.25, 0.3) is 0 Å². The third kappa shape index (κ3) is 4.55. The molecule has 1 aliphatic heterocycles. The van der Waals surface area contributed by atoms with Crippen molar-refractivity contribution in [1.29, 1.82) is 0 Å². The largest absolute Gasteiger partial charge is 0.384 e. The number of hydrogen-bond acceptors (Lipinski definition) is 6. The topological polar surface area (TPSA) is 106 Å². The molecule has 2 heterocycles. The number of nitrogens with two attached hydrogens (primary N) is 1. The van der Waals surface area contributed by atoms with E-state index in [1.165, 1.54) is 5.57 Å². The molecule has 1 unspecified atom stereocenters. The van der Waals surface area contributed by atoms with Crippen LogP contribution in [0.15, 0.2) is 81.9 Å². The molecule has 2 N–H and O–H groups in total. The Kier molecular flexibility index (Phi) is 6.70. The van der Waals surface area contributed by atoms with E-state index in [1.807, 2.05) is 37.8 Å². The number of pyridine rings is 1. The van der Waals surface area contributed by atoms with Crippen molar-refractivity contribution in [2.45, 2.75) is 59.0 Å². The van der Waals surface area contributed by atoms with Crippen LogP contribution < -0.4 is 5.73 Å². The molecule has 7 nitrogen and oxygen atoms in total. The zero-order valence-electron chi connectivity index (χ0n) is 20.7. The van der Waals surface area contributed by atoms with E-state index in [4.69, 9.17) is 5.73 Å². The van der Waals surface area contributed by atoms with E-state index in [1.54, 1.807) is 24.4 Å². The summed E-state index contributed by atoms with van der Waals surface area (Å²) in [6.45, 7) is 7.92. The molecule has 1 amide bonds. The Labute approximate surface area is 206 Å². The van der Waals surface area contributed by atoms with Crippen molar-refractivity contribution in [3.8, 4) is 0 Å². The number of aromatic nitrogens is 1. The van der Waals surface area contributed by atoms with Gasteiger partial charge in [0.2, 0.25) is 0 Å². The third-order valence-electron chi connectivity index (χ3n) is 7.03. The summed E-state index contributed by atoms with van der Waals surface area (Å²) in [5.41, 5.74) is 9.37. The number of hydrogen-bond donors (Lipinski definition) is 1. The molecule has 35 heavy (non-hydrogen) atoms. The summed E-state index contributed by atoms with van der Waals surface area (Å²) in [5.74, 6) is -0.377. The minimum Gasteiger partial charge on any atom is -0.384 e. The molecular weight excluding hydrogens is 440 g/mol. The molecule has 0 spiro atoms. The Morgan fingerprint density at radius 1 is 1.34 bits per heavy atom. The molecule has 1 fully saturated rings. The van der Waals surface area contributed by atoms with E-state index < -0.39 is 11.4 Å². The number of ketones is 1. The second kappa shape index (κ2) is 9.56. The first-order chi connectivity index (χ1) is 16.7. The normalized spacial score (nSPS) is 22.4. The van der Waals surface area contributed by atoms with Gasteiger partial charge in [-0.25, -0.2) is 4.98 Å². The van der Waals surface area contributed by atoms with Crippen molar-refractivity contribution in [2.75, 3.05) is 5.73 Å². The van der Waals surface area contributed by atoms with Crippen LogP contribution in [0.3, 0.4) is 0 Å². The number of carbonyl (C=O) groups is 2. The monoisotopic (exact) mass is 472 g/mol. The fraction of sp³-hybridized carbons (Fsp3) is 0.393. The van der Waals surface area contributed by atoms with Crippen molar-refractivity contribution in [3.05, 3.63) is 87.2 Å². The zero-order valence-corrected chi connectivity index (χ0v) is 20.7. The maximum Gasteiger partial charge on any atom is 0.333 e. The summed E-state index contributed by atoms with van der Waals surface area (Å²) in [7, 11) is 0. The first-order valence-corrected chi connectivity index (χ1v) is 12.1. The average Bonchev–Trinajstić information content (AvgIpc) is 3.64. The van der Waals surface area contributed by atoms with Crippen LogP contribution in [-0.4, -0.2) is 27.1 Å². The van der Waals surface area contributed by atoms with E-state index in [0.29, 0.717) is 35.8 Å². The van der Waals surface area contributed by atoms with Crippen LogP contribution in [0.2, 0.25) is 0 Å². The van der Waals surface area contributed by atoms with Gasteiger partial charge in [0.1, 0.15) is 11.5 Å². The van der Waals surface area contributed by atoms with Gasteiger partial charge >= 0.3 is 5.91 Å². The van der Waals surface area contributed by atoms with E-state index in [9.17, 15) is 14.5 Å². The number of fused-ring (bicyclic) bond motifs is 1. The van der Waals surface area contributed by atoms with Gasteiger partial charge in [0, 0.05) is 35.0 Å². The molecule has 7 heteroatoms. The van der Waals surface area contributed by atoms with E-state index in [0.717, 1.165) is 24.0 Å². The van der Waals surface area contributed by atoms with Crippen LogP contribution in [0.5, 0.6) is 0 Å². The number of carbonyl (C=O) groups excluding carboxylic acids is 2. The van der Waals surface area contributed by atoms with Crippen LogP contribution in [0, 0.1) is 16.7 Å². The highest BCUT2D eigenvalue weighted by atomic mass is 16.3. The van der Waals surface area contributed by atoms with Crippen molar-refractivity contribution >= 4 is 17.5 Å². The van der Waals surface area contributed by atoms with Gasteiger partial charge < -0.3 is 10.6 Å². The smallest absolute Gasteiger partial charge is 0.333 e. The second-order valence-corrected chi connectivity index (χ2v) is 9.93. The summed E-state index contributed by atoms with van der Waals surface area (Å²) in [4.78, 5) is 44.3. The van der Waals surface area contributed by atoms with Gasteiger partial charge in [-0.2, -0.15) is 0 Å². The standard InChI is InChI=1S/C28H32N4O3/c1-5-6-7-21(26(33)17(2)3)24-22-15-20(19-8-9-19)10-12-28(22,4)32(25(24)27(34)31-35)16-18-11-13-30-23(29)14-18/h5-7,10-11,13-15,17,19H,8-9,12,16H2,1-4H3,(H2,29,30)/b6-5-,21-7-. The minimum atomic E-state index is -0.880. The predicted molar refractivity (Wildman–Crippen MR) is 137 cm³/mol. The summed E-state index contributed by atoms with van der Waals surface area (Å²) >= 11 is 0. The van der Waals surface area contributed by atoms with Gasteiger partial charge in [-0.1, -0.05) is 44.2 Å². The second-order valence-electron chi connectivity index (χ2n) is 9.93. The molecule has 1 aromatic rings. The number of allylic oxidation sites excluding steroid dienone is 6. The first kappa shape index (κ1) is 24.5. The SMILES string of the molecule is C/C=C\C=C(/C(=O)C(C)C)C1=C(C(=O)N=O)N(Cc2ccnc(N)c2)C2(C)CC=C(C3CC3)C=C12. The van der Waals surface area contributed by atoms with Gasteiger partial charge in [-0.3, -0.25) is 9.59 Å². The number of Topliss-reactive ketones (excluding diaryl/α,β-unsaturated/α-hetero) is 1. The number of nitrogens with zero attached hydrogens (tertiary/aromatic N) is 3. The van der Waals surface area contributed by atoms with Gasteiger partial charge in [0.15, 0.2) is 5.78 Å². The Hall–Kier alpha value is -3.61. The Morgan fingerprint density at radius 2 is 2.09 bits per heavy atom. The maximum atomic E-state index is 13.5. The van der Waals surface area contributed by atoms with Gasteiger partial charge in [-0.05, 0) is 67.9 Å². The Morgan fingerprint density at radius 3 is 2.69 bits per heavy atom. The lowest BCUT2D eigenvalue weighted by Gasteiger charge is -2.40. The summed E-state index contributed by atoms with van der Waals surface area (Å²) in [6.07, 6.45) is 14.3. The fourth-order valence-electron chi connectivity index (χ4n) is 4.97. The summed E-state index contributed by atoms with van der Waals surface area (Å²) in [5, 5.41) is 2.83. The highest BCUT2D eigenvalue weighted by Gasteiger charge is 2.51. The van der Waals surface area contributed by atoms with Crippen molar-refractivity contribution in [2.24, 2.45) is 17.0 Å². The number of nitrogen functional groups attached to an aromatic ring is 1. The van der Waals surface area contributed by atoms with Crippen LogP contribution in [-0.2, 0) is 16.1 Å². The first-order valence-electron chi connectivity index (χ1n) is 12.1. The van der Waals surface area contributed by atoms with E-state index in [-0.39, 0.29) is 17.4 Å². The highest BCUT2D eigenvalue weighted by molar-refractivity contribution is 6.07. The number of anilines is 1. The molecule has 0 radical (unpaired) electrons. The molecule has 1 atom stereocenters. The number of amides is 1. The molecule has 0 saturated heterocycles. The molecule has 1 saturated carbocycles. The predicted octanol–water partition coefficient (Wildman–Crippen LogP) is 5.18. The van der Waals surface area contributed by atoms with Crippen molar-refractivity contribution in [3.63, 3.8) is 0 Å². The quantitative estimate of drug-likeness (QED) is 0.317. The molecular formula is C28H32N4O3. The highest BCUT2D eigenvalue weighted by Crippen LogP contribution is 2.53. The van der Waals surface area contributed by atoms with Crippen LogP contribution in [0.1, 0.15) is 52.5 Å². The molecule has 1 aromatic heterocycles. The molecule has 3 aliphatic rings. The molecule has 0 aromatic carbocycles. The van der Waals surface area contributed by atoms with Crippen molar-refractivity contribution < 1.29 is 9.59 Å². The summed E-state index contributed by atoms with van der Waals surface area (Å²) < 4.78 is 0. The minimum absolute atomic E-state index is 0.0879. The van der Waals surface area contributed by atoms with Crippen LogP contribution in [0.4, 0.5) is 5.82 Å². The lowest BCUT2D eigenvalue weighted by atomic mass is 9.77. The average molecular weight is 473 g/mol. The Balaban J connectivity index is 1.98. The molecule has 0 bridgehead atoms. The number of rotatable bonds is 8. The van der Waals surface area contributed by atoms with E-state index in [2.05, 4.69) is 29.2 Å². The fourth-order valence-corrected chi connectivity index (χ4v) is 4.97. The van der Waals surface area contributed by atoms with Gasteiger partial charge in [-0.15, -0.1) is 4.91 Å². The van der Waals surface area contributed by atoms with E-state index >= 15 is 0 Å². The lowest BCUT2D eigenvalue weighted by Crippen LogP contribution is -2.44. The molecule has 2 aliphatic carbocycles. The molecule has 182 valence electrons. The van der Waals surface area contributed by atoms with Crippen LogP contribution >= 0.6 is 0 Å². The maximum absolute atomic E-state index is 13.5. The van der Waals surface area contributed by atoms with Crippen molar-refractivity contribution in [1.82, 2.24) is 9.88 Å². The van der Waals surface area contributed by atoms with Gasteiger partial charge in [0.05, 0.1) is 5.54 Å². The number of nitroso groups, excluding NO2 is 1. The zero-order chi connectivity index (χ0) is 25.3.